The van der Waals surface area contributed by atoms with E-state index >= 15 is 0 Å². The van der Waals surface area contributed by atoms with Crippen molar-refractivity contribution in [3.63, 3.8) is 0 Å². The van der Waals surface area contributed by atoms with E-state index in [1.807, 2.05) is 30.3 Å². The van der Waals surface area contributed by atoms with Crippen molar-refractivity contribution in [1.29, 1.82) is 0 Å². The van der Waals surface area contributed by atoms with Crippen molar-refractivity contribution in [1.82, 2.24) is 19.5 Å². The fraction of sp³-hybridized carbons (Fsp3) is 0.0556. The Bertz CT molecular complexity index is 3470. The predicted octanol–water partition coefficient (Wildman–Crippen LogP) is 13.8. The zero-order chi connectivity index (χ0) is 39.2. The number of hydrogen-bond donors (Lipinski definition) is 0. The molecule has 1 aliphatic rings. The van der Waals surface area contributed by atoms with E-state index in [-0.39, 0.29) is 5.41 Å². The van der Waals surface area contributed by atoms with Crippen LogP contribution in [0.1, 0.15) is 25.0 Å². The molecule has 3 heterocycles. The highest BCUT2D eigenvalue weighted by atomic mass is 16.3. The molecule has 0 N–H and O–H groups in total. The smallest absolute Gasteiger partial charge is 0.164 e. The molecule has 5 nitrogen and oxygen atoms in total. The summed E-state index contributed by atoms with van der Waals surface area (Å²) in [7, 11) is 0. The molecule has 3 aromatic heterocycles. The third kappa shape index (κ3) is 5.14. The number of hydrogen-bond acceptors (Lipinski definition) is 4. The topological polar surface area (TPSA) is 56.7 Å². The standard InChI is InChI=1S/C54H36N4O/c1-54(2)43-20-9-6-18-41(43)49-44(54)29-30-46-50(49)42-19-7-10-21-45(42)58(46)38-16-12-15-36(31-38)52-55-51(35-25-23-34(24-26-35)33-13-4-3-5-14-33)56-53(57-52)37-27-28-40-39-17-8-11-22-47(39)59-48(40)32-37/h3-32H,1-2H3. The molecule has 5 heteroatoms. The molecule has 0 saturated carbocycles. The van der Waals surface area contributed by atoms with E-state index < -0.39 is 0 Å². The highest BCUT2D eigenvalue weighted by molar-refractivity contribution is 6.18. The van der Waals surface area contributed by atoms with Gasteiger partial charge in [0.1, 0.15) is 11.2 Å². The normalized spacial score (nSPS) is 13.1. The third-order valence-corrected chi connectivity index (χ3v) is 12.3. The first kappa shape index (κ1) is 33.5. The van der Waals surface area contributed by atoms with E-state index in [1.165, 1.54) is 38.5 Å². The molecule has 12 rings (SSSR count). The van der Waals surface area contributed by atoms with Crippen LogP contribution in [0, 0.1) is 0 Å². The molecule has 8 aromatic carbocycles. The Morgan fingerprint density at radius 3 is 1.86 bits per heavy atom. The predicted molar refractivity (Wildman–Crippen MR) is 241 cm³/mol. The van der Waals surface area contributed by atoms with Crippen LogP contribution in [0.25, 0.3) is 106 Å². The lowest BCUT2D eigenvalue weighted by atomic mass is 9.82. The molecule has 0 saturated heterocycles. The lowest BCUT2D eigenvalue weighted by Crippen LogP contribution is -2.14. The van der Waals surface area contributed by atoms with Gasteiger partial charge in [-0.25, -0.2) is 15.0 Å². The number of nitrogens with zero attached hydrogens (tertiary/aromatic N) is 4. The highest BCUT2D eigenvalue weighted by Gasteiger charge is 2.37. The van der Waals surface area contributed by atoms with E-state index in [2.05, 4.69) is 170 Å². The van der Waals surface area contributed by atoms with Crippen LogP contribution < -0.4 is 0 Å². The summed E-state index contributed by atoms with van der Waals surface area (Å²) in [6.07, 6.45) is 0. The Morgan fingerprint density at radius 2 is 1.03 bits per heavy atom. The third-order valence-electron chi connectivity index (χ3n) is 12.3. The zero-order valence-corrected chi connectivity index (χ0v) is 32.5. The van der Waals surface area contributed by atoms with Gasteiger partial charge < -0.3 is 8.98 Å². The fourth-order valence-corrected chi connectivity index (χ4v) is 9.39. The fourth-order valence-electron chi connectivity index (χ4n) is 9.39. The summed E-state index contributed by atoms with van der Waals surface area (Å²) in [6, 6.07) is 64.1. The molecule has 59 heavy (non-hydrogen) atoms. The quantitative estimate of drug-likeness (QED) is 0.175. The van der Waals surface area contributed by atoms with Crippen LogP contribution in [0.15, 0.2) is 186 Å². The minimum Gasteiger partial charge on any atom is -0.456 e. The van der Waals surface area contributed by atoms with Gasteiger partial charge in [0.15, 0.2) is 17.5 Å². The molecule has 278 valence electrons. The molecular weight excluding hydrogens is 721 g/mol. The minimum atomic E-state index is -0.0891. The van der Waals surface area contributed by atoms with E-state index in [0.717, 1.165) is 61.0 Å². The number of aromatic nitrogens is 4. The summed E-state index contributed by atoms with van der Waals surface area (Å²) in [5, 5.41) is 4.67. The van der Waals surface area contributed by atoms with Gasteiger partial charge in [0, 0.05) is 49.3 Å². The van der Waals surface area contributed by atoms with Crippen molar-refractivity contribution in [2.45, 2.75) is 19.3 Å². The second-order valence-electron chi connectivity index (χ2n) is 16.0. The van der Waals surface area contributed by atoms with Gasteiger partial charge in [0.25, 0.3) is 0 Å². The average molecular weight is 757 g/mol. The maximum absolute atomic E-state index is 6.31. The first-order valence-corrected chi connectivity index (χ1v) is 20.1. The number of para-hydroxylation sites is 2. The van der Waals surface area contributed by atoms with Gasteiger partial charge in [-0.2, -0.15) is 0 Å². The van der Waals surface area contributed by atoms with Gasteiger partial charge in [-0.05, 0) is 75.8 Å². The molecule has 0 radical (unpaired) electrons. The zero-order valence-electron chi connectivity index (χ0n) is 32.5. The number of fused-ring (bicyclic) bond motifs is 10. The second kappa shape index (κ2) is 12.7. The van der Waals surface area contributed by atoms with E-state index in [0.29, 0.717) is 17.5 Å². The SMILES string of the molecule is CC1(C)c2ccccc2-c2c1ccc1c2c2ccccc2n1-c1cccc(-c2nc(-c3ccc(-c4ccccc4)cc3)nc(-c3ccc4c(c3)oc3ccccc34)n2)c1. The maximum Gasteiger partial charge on any atom is 0.164 e. The van der Waals surface area contributed by atoms with Gasteiger partial charge in [0.2, 0.25) is 0 Å². The van der Waals surface area contributed by atoms with Crippen molar-refractivity contribution in [3.05, 3.63) is 193 Å². The Morgan fingerprint density at radius 1 is 0.424 bits per heavy atom. The van der Waals surface area contributed by atoms with Crippen LogP contribution in [-0.4, -0.2) is 19.5 Å². The monoisotopic (exact) mass is 756 g/mol. The van der Waals surface area contributed by atoms with Crippen molar-refractivity contribution in [2.24, 2.45) is 0 Å². The molecule has 1 aliphatic carbocycles. The van der Waals surface area contributed by atoms with Crippen LogP contribution in [-0.2, 0) is 5.41 Å². The summed E-state index contributed by atoms with van der Waals surface area (Å²) < 4.78 is 8.70. The lowest BCUT2D eigenvalue weighted by molar-refractivity contribution is 0.661. The molecule has 0 unspecified atom stereocenters. The van der Waals surface area contributed by atoms with Gasteiger partial charge in [-0.3, -0.25) is 0 Å². The van der Waals surface area contributed by atoms with Crippen molar-refractivity contribution in [2.75, 3.05) is 0 Å². The summed E-state index contributed by atoms with van der Waals surface area (Å²) in [5.41, 5.74) is 15.3. The Labute approximate surface area is 340 Å². The Hall–Kier alpha value is -7.63. The molecule has 0 fully saturated rings. The number of furan rings is 1. The van der Waals surface area contributed by atoms with Gasteiger partial charge in [-0.1, -0.05) is 153 Å². The van der Waals surface area contributed by atoms with Crippen molar-refractivity contribution in [3.8, 4) is 62.1 Å². The second-order valence-corrected chi connectivity index (χ2v) is 16.0. The first-order valence-electron chi connectivity index (χ1n) is 20.1. The summed E-state index contributed by atoms with van der Waals surface area (Å²) in [6.45, 7) is 4.69. The van der Waals surface area contributed by atoms with Crippen LogP contribution in [0.2, 0.25) is 0 Å². The summed E-state index contributed by atoms with van der Waals surface area (Å²) >= 11 is 0. The van der Waals surface area contributed by atoms with Gasteiger partial charge in [-0.15, -0.1) is 0 Å². The van der Waals surface area contributed by atoms with Gasteiger partial charge >= 0.3 is 0 Å². The van der Waals surface area contributed by atoms with E-state index in [4.69, 9.17) is 19.4 Å². The summed E-state index contributed by atoms with van der Waals surface area (Å²) in [5.74, 6) is 1.79. The molecule has 0 bridgehead atoms. The largest absolute Gasteiger partial charge is 0.456 e. The van der Waals surface area contributed by atoms with Crippen LogP contribution in [0.4, 0.5) is 0 Å². The molecular formula is C54H36N4O. The lowest BCUT2D eigenvalue weighted by Gasteiger charge is -2.21. The van der Waals surface area contributed by atoms with Crippen molar-refractivity contribution >= 4 is 43.7 Å². The van der Waals surface area contributed by atoms with E-state index in [1.54, 1.807) is 0 Å². The molecule has 11 aromatic rings. The maximum atomic E-state index is 6.31. The molecule has 0 atom stereocenters. The molecule has 0 amide bonds. The molecule has 0 spiro atoms. The van der Waals surface area contributed by atoms with Gasteiger partial charge in [0.05, 0.1) is 11.0 Å². The number of rotatable bonds is 5. The van der Waals surface area contributed by atoms with Crippen LogP contribution in [0.5, 0.6) is 0 Å². The summed E-state index contributed by atoms with van der Waals surface area (Å²) in [4.78, 5) is 15.5. The van der Waals surface area contributed by atoms with E-state index in [9.17, 15) is 0 Å². The van der Waals surface area contributed by atoms with Crippen molar-refractivity contribution < 1.29 is 4.42 Å². The highest BCUT2D eigenvalue weighted by Crippen LogP contribution is 2.53. The first-order chi connectivity index (χ1) is 29.0. The van der Waals surface area contributed by atoms with Crippen LogP contribution >= 0.6 is 0 Å². The Balaban J connectivity index is 1.04. The van der Waals surface area contributed by atoms with Crippen LogP contribution in [0.3, 0.4) is 0 Å². The Kier molecular flexibility index (Phi) is 7.20. The molecule has 0 aliphatic heterocycles. The average Bonchev–Trinajstić information content (AvgIpc) is 3.91. The number of benzene rings is 8. The minimum absolute atomic E-state index is 0.0891.